The molecule has 2 rings (SSSR count). The lowest BCUT2D eigenvalue weighted by Crippen LogP contribution is -2.40. The van der Waals surface area contributed by atoms with Gasteiger partial charge in [0.25, 0.3) is 21.8 Å². The Morgan fingerprint density at radius 1 is 1.29 bits per heavy atom. The van der Waals surface area contributed by atoms with E-state index in [1.54, 1.807) is 20.8 Å². The summed E-state index contributed by atoms with van der Waals surface area (Å²) < 4.78 is 25.5. The summed E-state index contributed by atoms with van der Waals surface area (Å²) in [5.41, 5.74) is 0.0424. The van der Waals surface area contributed by atoms with Crippen LogP contribution in [0.2, 0.25) is 0 Å². The van der Waals surface area contributed by atoms with Crippen molar-refractivity contribution in [1.82, 2.24) is 9.21 Å². The molecule has 2 amide bonds. The average molecular weight is 354 g/mol. The monoisotopic (exact) mass is 354 g/mol. The molecule has 0 saturated heterocycles. The Hall–Kier alpha value is -2.42. The summed E-state index contributed by atoms with van der Waals surface area (Å²) in [5.74, 6) is -2.40. The van der Waals surface area contributed by atoms with Crippen molar-refractivity contribution in [2.24, 2.45) is 0 Å². The summed E-state index contributed by atoms with van der Waals surface area (Å²) in [5, 5.41) is 8.93. The van der Waals surface area contributed by atoms with Crippen LogP contribution in [-0.2, 0) is 14.8 Å². The van der Waals surface area contributed by atoms with Crippen molar-refractivity contribution >= 4 is 27.8 Å². The Morgan fingerprint density at radius 3 is 2.42 bits per heavy atom. The van der Waals surface area contributed by atoms with Crippen LogP contribution in [0, 0.1) is 0 Å². The van der Waals surface area contributed by atoms with Gasteiger partial charge in [0.2, 0.25) is 0 Å². The first kappa shape index (κ1) is 17.9. The molecule has 1 aromatic rings. The first-order chi connectivity index (χ1) is 11.1. The number of hydrogen-bond donors (Lipinski definition) is 1. The predicted octanol–water partition coefficient (Wildman–Crippen LogP) is 0.786. The lowest BCUT2D eigenvalue weighted by molar-refractivity contribution is -0.138. The molecule has 1 aliphatic rings. The molecular weight excluding hydrogens is 336 g/mol. The Kier molecular flexibility index (Phi) is 4.66. The fraction of sp³-hybridized carbons (Fsp3) is 0.400. The predicted molar refractivity (Wildman–Crippen MR) is 84.1 cm³/mol. The summed E-state index contributed by atoms with van der Waals surface area (Å²) in [6.07, 6.45) is 0. The van der Waals surface area contributed by atoms with Crippen LogP contribution in [0.1, 0.15) is 41.5 Å². The summed E-state index contributed by atoms with van der Waals surface area (Å²) in [6, 6.07) is 3.38. The van der Waals surface area contributed by atoms with Crippen LogP contribution >= 0.6 is 0 Å². The molecule has 24 heavy (non-hydrogen) atoms. The number of rotatable bonds is 5. The highest BCUT2D eigenvalue weighted by molar-refractivity contribution is 7.90. The van der Waals surface area contributed by atoms with Gasteiger partial charge in [-0.1, -0.05) is 0 Å². The standard InChI is InChI=1S/C15H18N2O6S/c1-4-17-15(21)11-6-5-10(7-12(11)24(17,22)23)14(20)16(9(2)3)8-13(18)19/h5-7,9H,4,8H2,1-3H3,(H,18,19). The first-order valence-electron chi connectivity index (χ1n) is 7.35. The number of hydrogen-bond acceptors (Lipinski definition) is 5. The van der Waals surface area contributed by atoms with Crippen molar-refractivity contribution in [3.8, 4) is 0 Å². The van der Waals surface area contributed by atoms with Gasteiger partial charge in [-0.25, -0.2) is 12.7 Å². The fourth-order valence-electron chi connectivity index (χ4n) is 2.52. The van der Waals surface area contributed by atoms with Crippen LogP contribution in [0.3, 0.4) is 0 Å². The van der Waals surface area contributed by atoms with Gasteiger partial charge in [0.05, 0.1) is 5.56 Å². The second kappa shape index (κ2) is 6.23. The van der Waals surface area contributed by atoms with Crippen LogP contribution in [0.15, 0.2) is 23.1 Å². The van der Waals surface area contributed by atoms with Gasteiger partial charge in [-0.3, -0.25) is 14.4 Å². The van der Waals surface area contributed by atoms with Crippen LogP contribution in [0.25, 0.3) is 0 Å². The topological polar surface area (TPSA) is 112 Å². The normalized spacial score (nSPS) is 15.5. The molecule has 0 saturated carbocycles. The van der Waals surface area contributed by atoms with Gasteiger partial charge in [0.1, 0.15) is 11.4 Å². The van der Waals surface area contributed by atoms with E-state index in [1.165, 1.54) is 12.1 Å². The fourth-order valence-corrected chi connectivity index (χ4v) is 4.12. The van der Waals surface area contributed by atoms with Gasteiger partial charge in [-0.15, -0.1) is 0 Å². The highest BCUT2D eigenvalue weighted by atomic mass is 32.2. The summed E-state index contributed by atoms with van der Waals surface area (Å²) in [7, 11) is -3.97. The van der Waals surface area contributed by atoms with Crippen molar-refractivity contribution in [2.75, 3.05) is 13.1 Å². The van der Waals surface area contributed by atoms with Crippen LogP contribution in [0.4, 0.5) is 0 Å². The number of carboxylic acids is 1. The molecule has 0 radical (unpaired) electrons. The molecular formula is C15H18N2O6S. The summed E-state index contributed by atoms with van der Waals surface area (Å²) >= 11 is 0. The van der Waals surface area contributed by atoms with Crippen molar-refractivity contribution in [2.45, 2.75) is 31.7 Å². The number of carbonyl (C=O) groups is 3. The lowest BCUT2D eigenvalue weighted by Gasteiger charge is -2.25. The number of carbonyl (C=O) groups excluding carboxylic acids is 2. The van der Waals surface area contributed by atoms with Gasteiger partial charge < -0.3 is 10.0 Å². The molecule has 1 aliphatic heterocycles. The molecule has 130 valence electrons. The van der Waals surface area contributed by atoms with E-state index in [1.807, 2.05) is 0 Å². The minimum Gasteiger partial charge on any atom is -0.480 e. The number of amides is 2. The quantitative estimate of drug-likeness (QED) is 0.836. The molecule has 8 nitrogen and oxygen atoms in total. The zero-order chi connectivity index (χ0) is 18.2. The minimum atomic E-state index is -3.97. The largest absolute Gasteiger partial charge is 0.480 e. The summed E-state index contributed by atoms with van der Waals surface area (Å²) in [4.78, 5) is 36.4. The number of carboxylic acid groups (broad SMARTS) is 1. The third-order valence-electron chi connectivity index (χ3n) is 3.73. The second-order valence-corrected chi connectivity index (χ2v) is 7.44. The Labute approximate surface area is 139 Å². The number of benzene rings is 1. The number of aliphatic carboxylic acids is 1. The maximum Gasteiger partial charge on any atom is 0.323 e. The van der Waals surface area contributed by atoms with Crippen molar-refractivity contribution < 1.29 is 27.9 Å². The molecule has 0 aliphatic carbocycles. The SMILES string of the molecule is CCN1C(=O)c2ccc(C(=O)N(CC(=O)O)C(C)C)cc2S1(=O)=O. The third-order valence-corrected chi connectivity index (χ3v) is 5.63. The van der Waals surface area contributed by atoms with Crippen LogP contribution in [0.5, 0.6) is 0 Å². The van der Waals surface area contributed by atoms with Gasteiger partial charge in [0.15, 0.2) is 0 Å². The molecule has 1 aromatic carbocycles. The van der Waals surface area contributed by atoms with E-state index in [9.17, 15) is 22.8 Å². The van der Waals surface area contributed by atoms with E-state index < -0.39 is 34.4 Å². The first-order valence-corrected chi connectivity index (χ1v) is 8.79. The van der Waals surface area contributed by atoms with E-state index in [4.69, 9.17) is 5.11 Å². The number of nitrogens with zero attached hydrogens (tertiary/aromatic N) is 2. The van der Waals surface area contributed by atoms with Gasteiger partial charge in [0, 0.05) is 18.2 Å². The molecule has 0 bridgehead atoms. The van der Waals surface area contributed by atoms with E-state index in [0.29, 0.717) is 0 Å². The lowest BCUT2D eigenvalue weighted by atomic mass is 10.1. The molecule has 1 N–H and O–H groups in total. The molecule has 0 spiro atoms. The van der Waals surface area contributed by atoms with E-state index in [0.717, 1.165) is 15.3 Å². The molecule has 0 atom stereocenters. The highest BCUT2D eigenvalue weighted by Gasteiger charge is 2.40. The van der Waals surface area contributed by atoms with Crippen molar-refractivity contribution in [3.05, 3.63) is 29.3 Å². The van der Waals surface area contributed by atoms with Crippen molar-refractivity contribution in [1.29, 1.82) is 0 Å². The van der Waals surface area contributed by atoms with Crippen molar-refractivity contribution in [3.63, 3.8) is 0 Å². The van der Waals surface area contributed by atoms with E-state index in [-0.39, 0.29) is 28.6 Å². The molecule has 9 heteroatoms. The molecule has 0 unspecified atom stereocenters. The van der Waals surface area contributed by atoms with Gasteiger partial charge in [-0.2, -0.15) is 0 Å². The minimum absolute atomic E-state index is 0.00371. The highest BCUT2D eigenvalue weighted by Crippen LogP contribution is 2.31. The average Bonchev–Trinajstić information content (AvgIpc) is 2.69. The zero-order valence-corrected chi connectivity index (χ0v) is 14.3. The third kappa shape index (κ3) is 2.86. The van der Waals surface area contributed by atoms with Crippen LogP contribution in [-0.4, -0.2) is 59.6 Å². The smallest absolute Gasteiger partial charge is 0.323 e. The second-order valence-electron chi connectivity index (χ2n) is 5.61. The molecule has 0 fully saturated rings. The Bertz CT molecular complexity index is 815. The maximum absolute atomic E-state index is 12.5. The zero-order valence-electron chi connectivity index (χ0n) is 13.5. The van der Waals surface area contributed by atoms with Crippen LogP contribution < -0.4 is 0 Å². The molecule has 0 aromatic heterocycles. The van der Waals surface area contributed by atoms with E-state index >= 15 is 0 Å². The van der Waals surface area contributed by atoms with Gasteiger partial charge in [-0.05, 0) is 39.0 Å². The summed E-state index contributed by atoms with van der Waals surface area (Å²) in [6.45, 7) is 4.36. The Morgan fingerprint density at radius 2 is 1.92 bits per heavy atom. The molecule has 1 heterocycles. The number of fused-ring (bicyclic) bond motifs is 1. The number of sulfonamides is 1. The van der Waals surface area contributed by atoms with E-state index in [2.05, 4.69) is 0 Å². The van der Waals surface area contributed by atoms with Gasteiger partial charge >= 0.3 is 5.97 Å². The maximum atomic E-state index is 12.5. The Balaban J connectivity index is 2.48.